The fourth-order valence-electron chi connectivity index (χ4n) is 2.98. The molecule has 0 spiro atoms. The summed E-state index contributed by atoms with van der Waals surface area (Å²) in [5.41, 5.74) is 8.65. The molecule has 0 saturated carbocycles. The van der Waals surface area contributed by atoms with Gasteiger partial charge in [-0.1, -0.05) is 11.6 Å². The molecule has 1 aliphatic heterocycles. The second-order valence-corrected chi connectivity index (χ2v) is 5.56. The summed E-state index contributed by atoms with van der Waals surface area (Å²) >= 11 is 6.42. The number of H-pyrrole nitrogens is 1. The molecule has 1 fully saturated rings. The molecule has 3 aromatic rings. The van der Waals surface area contributed by atoms with E-state index in [2.05, 4.69) is 19.9 Å². The summed E-state index contributed by atoms with van der Waals surface area (Å²) in [7, 11) is 0. The van der Waals surface area contributed by atoms with E-state index in [9.17, 15) is 0 Å². The van der Waals surface area contributed by atoms with Gasteiger partial charge in [0.05, 0.1) is 34.0 Å². The third-order valence-corrected chi connectivity index (χ3v) is 4.15. The Hall–Kier alpha value is -2.01. The number of nitrogens with one attached hydrogen (secondary N) is 1. The summed E-state index contributed by atoms with van der Waals surface area (Å²) in [5.74, 6) is 0.505. The average molecular weight is 288 g/mol. The first-order chi connectivity index (χ1) is 9.74. The van der Waals surface area contributed by atoms with Crippen LogP contribution in [0.5, 0.6) is 0 Å². The van der Waals surface area contributed by atoms with E-state index < -0.39 is 0 Å². The largest absolute Gasteiger partial charge is 0.384 e. The number of nitrogens with two attached hydrogens (primary N) is 1. The van der Waals surface area contributed by atoms with E-state index in [1.54, 1.807) is 12.4 Å². The fraction of sp³-hybridized carbons (Fsp3) is 0.286. The Morgan fingerprint density at radius 3 is 2.80 bits per heavy atom. The van der Waals surface area contributed by atoms with Crippen molar-refractivity contribution in [1.82, 2.24) is 15.0 Å². The number of pyridine rings is 2. The van der Waals surface area contributed by atoms with Crippen molar-refractivity contribution in [3.8, 4) is 0 Å². The molecular formula is C14H14ClN5. The van der Waals surface area contributed by atoms with Crippen molar-refractivity contribution >= 4 is 45.0 Å². The highest BCUT2D eigenvalue weighted by atomic mass is 35.5. The molecule has 0 amide bonds. The number of rotatable bonds is 1. The van der Waals surface area contributed by atoms with E-state index in [4.69, 9.17) is 17.3 Å². The van der Waals surface area contributed by atoms with Crippen LogP contribution >= 0.6 is 11.6 Å². The zero-order chi connectivity index (χ0) is 13.7. The Morgan fingerprint density at radius 1 is 1.20 bits per heavy atom. The SMILES string of the molecule is Nc1cc2c(cn1)[nH]c1ncc(Cl)c(N3CCCC3)c12. The highest BCUT2D eigenvalue weighted by Gasteiger charge is 2.21. The van der Waals surface area contributed by atoms with E-state index in [0.29, 0.717) is 10.8 Å². The van der Waals surface area contributed by atoms with Crippen LogP contribution in [0.4, 0.5) is 11.5 Å². The molecule has 0 radical (unpaired) electrons. The normalized spacial score (nSPS) is 15.6. The summed E-state index contributed by atoms with van der Waals surface area (Å²) in [6, 6.07) is 1.88. The Kier molecular flexibility index (Phi) is 2.50. The van der Waals surface area contributed by atoms with Gasteiger partial charge in [-0.25, -0.2) is 9.97 Å². The molecule has 1 aliphatic rings. The lowest BCUT2D eigenvalue weighted by Crippen LogP contribution is -2.18. The molecule has 102 valence electrons. The van der Waals surface area contributed by atoms with Crippen LogP contribution in [-0.4, -0.2) is 28.0 Å². The van der Waals surface area contributed by atoms with Crippen LogP contribution in [0.25, 0.3) is 21.9 Å². The van der Waals surface area contributed by atoms with E-state index in [1.807, 2.05) is 6.07 Å². The van der Waals surface area contributed by atoms with Crippen molar-refractivity contribution in [2.24, 2.45) is 0 Å². The number of halogens is 1. The zero-order valence-electron chi connectivity index (χ0n) is 10.9. The molecule has 0 unspecified atom stereocenters. The number of nitrogens with zero attached hydrogens (tertiary/aromatic N) is 3. The predicted octanol–water partition coefficient (Wildman–Crippen LogP) is 2.95. The molecule has 3 aromatic heterocycles. The fourth-order valence-corrected chi connectivity index (χ4v) is 3.25. The van der Waals surface area contributed by atoms with Crippen LogP contribution in [0.2, 0.25) is 5.02 Å². The van der Waals surface area contributed by atoms with Crippen LogP contribution in [0.15, 0.2) is 18.5 Å². The van der Waals surface area contributed by atoms with E-state index in [0.717, 1.165) is 40.7 Å². The van der Waals surface area contributed by atoms with Gasteiger partial charge in [0, 0.05) is 18.5 Å². The third-order valence-electron chi connectivity index (χ3n) is 3.88. The first kappa shape index (κ1) is 11.8. The minimum atomic E-state index is 0.505. The maximum Gasteiger partial charge on any atom is 0.140 e. The first-order valence-electron chi connectivity index (χ1n) is 6.70. The molecule has 6 heteroatoms. The van der Waals surface area contributed by atoms with Crippen LogP contribution in [0.1, 0.15) is 12.8 Å². The van der Waals surface area contributed by atoms with Crippen LogP contribution < -0.4 is 10.6 Å². The molecule has 20 heavy (non-hydrogen) atoms. The third kappa shape index (κ3) is 1.63. The van der Waals surface area contributed by atoms with Crippen molar-refractivity contribution in [3.63, 3.8) is 0 Å². The lowest BCUT2D eigenvalue weighted by molar-refractivity contribution is 0.949. The molecule has 0 atom stereocenters. The van der Waals surface area contributed by atoms with Crippen LogP contribution in [0, 0.1) is 0 Å². The number of fused-ring (bicyclic) bond motifs is 3. The monoisotopic (exact) mass is 287 g/mol. The summed E-state index contributed by atoms with van der Waals surface area (Å²) < 4.78 is 0. The Bertz CT molecular complexity index is 804. The number of hydrogen-bond donors (Lipinski definition) is 2. The predicted molar refractivity (Wildman–Crippen MR) is 82.3 cm³/mol. The summed E-state index contributed by atoms with van der Waals surface area (Å²) in [6.07, 6.45) is 5.86. The van der Waals surface area contributed by atoms with Crippen molar-refractivity contribution in [2.75, 3.05) is 23.7 Å². The highest BCUT2D eigenvalue weighted by molar-refractivity contribution is 6.35. The number of aromatic nitrogens is 3. The molecule has 4 heterocycles. The number of aromatic amines is 1. The van der Waals surface area contributed by atoms with Gasteiger partial charge in [-0.2, -0.15) is 0 Å². The average Bonchev–Trinajstić information content (AvgIpc) is 3.06. The van der Waals surface area contributed by atoms with Gasteiger partial charge in [-0.3, -0.25) is 0 Å². The molecular weight excluding hydrogens is 274 g/mol. The maximum absolute atomic E-state index is 6.42. The van der Waals surface area contributed by atoms with Gasteiger partial charge in [-0.15, -0.1) is 0 Å². The van der Waals surface area contributed by atoms with Gasteiger partial charge >= 0.3 is 0 Å². The lowest BCUT2D eigenvalue weighted by Gasteiger charge is -2.20. The van der Waals surface area contributed by atoms with Crippen LogP contribution in [-0.2, 0) is 0 Å². The minimum Gasteiger partial charge on any atom is -0.384 e. The number of anilines is 2. The van der Waals surface area contributed by atoms with Crippen molar-refractivity contribution < 1.29 is 0 Å². The second kappa shape index (κ2) is 4.24. The second-order valence-electron chi connectivity index (χ2n) is 5.15. The molecule has 4 rings (SSSR count). The summed E-state index contributed by atoms with van der Waals surface area (Å²) in [6.45, 7) is 2.07. The quantitative estimate of drug-likeness (QED) is 0.722. The van der Waals surface area contributed by atoms with Crippen LogP contribution in [0.3, 0.4) is 0 Å². The topological polar surface area (TPSA) is 70.8 Å². The zero-order valence-corrected chi connectivity index (χ0v) is 11.6. The summed E-state index contributed by atoms with van der Waals surface area (Å²) in [5, 5.41) is 2.77. The molecule has 3 N–H and O–H groups in total. The van der Waals surface area contributed by atoms with Gasteiger partial charge in [-0.05, 0) is 18.9 Å². The minimum absolute atomic E-state index is 0.505. The molecule has 0 aliphatic carbocycles. The number of hydrogen-bond acceptors (Lipinski definition) is 4. The van der Waals surface area contributed by atoms with E-state index in [1.165, 1.54) is 12.8 Å². The van der Waals surface area contributed by atoms with E-state index >= 15 is 0 Å². The van der Waals surface area contributed by atoms with Crippen molar-refractivity contribution in [3.05, 3.63) is 23.5 Å². The first-order valence-corrected chi connectivity index (χ1v) is 7.08. The standard InChI is InChI=1S/C14H14ClN5/c15-9-6-18-14-12(13(9)20-3-1-2-4-20)8-5-11(16)17-7-10(8)19-14/h5-7H,1-4H2,(H2,16,17)(H,18,19). The summed E-state index contributed by atoms with van der Waals surface area (Å²) in [4.78, 5) is 14.1. The Labute approximate surface area is 120 Å². The smallest absolute Gasteiger partial charge is 0.140 e. The van der Waals surface area contributed by atoms with Crippen molar-refractivity contribution in [2.45, 2.75) is 12.8 Å². The Morgan fingerprint density at radius 2 is 2.00 bits per heavy atom. The van der Waals surface area contributed by atoms with Gasteiger partial charge in [0.15, 0.2) is 0 Å². The highest BCUT2D eigenvalue weighted by Crippen LogP contribution is 2.39. The number of nitrogen functional groups attached to an aromatic ring is 1. The molecule has 0 aromatic carbocycles. The van der Waals surface area contributed by atoms with Gasteiger partial charge in [0.1, 0.15) is 11.5 Å². The lowest BCUT2D eigenvalue weighted by atomic mass is 10.2. The van der Waals surface area contributed by atoms with Crippen molar-refractivity contribution in [1.29, 1.82) is 0 Å². The van der Waals surface area contributed by atoms with E-state index in [-0.39, 0.29) is 0 Å². The Balaban J connectivity index is 2.11. The van der Waals surface area contributed by atoms with Gasteiger partial charge in [0.2, 0.25) is 0 Å². The van der Waals surface area contributed by atoms with Gasteiger partial charge < -0.3 is 15.6 Å². The maximum atomic E-state index is 6.42. The molecule has 5 nitrogen and oxygen atoms in total. The van der Waals surface area contributed by atoms with Gasteiger partial charge in [0.25, 0.3) is 0 Å². The molecule has 0 bridgehead atoms. The molecule has 1 saturated heterocycles.